The Labute approximate surface area is 119 Å². The van der Waals surface area contributed by atoms with Gasteiger partial charge in [-0.1, -0.05) is 24.2 Å². The van der Waals surface area contributed by atoms with Crippen molar-refractivity contribution in [1.82, 2.24) is 4.98 Å². The standard InChI is InChI=1S/C14H15F3N2S/c1-8(6-9-2-3-9)18-13-19-11-7-10(14(15,16)17)4-5-12(11)20-13/h4-5,7-9H,2-3,6H2,1H3,(H,18,19). The van der Waals surface area contributed by atoms with E-state index in [1.807, 2.05) is 0 Å². The summed E-state index contributed by atoms with van der Waals surface area (Å²) in [6, 6.07) is 4.03. The Morgan fingerprint density at radius 3 is 2.80 bits per heavy atom. The van der Waals surface area contributed by atoms with Crippen LogP contribution in [-0.4, -0.2) is 11.0 Å². The van der Waals surface area contributed by atoms with Crippen LogP contribution in [0.5, 0.6) is 0 Å². The summed E-state index contributed by atoms with van der Waals surface area (Å²) in [4.78, 5) is 4.26. The van der Waals surface area contributed by atoms with Crippen molar-refractivity contribution < 1.29 is 13.2 Å². The van der Waals surface area contributed by atoms with Crippen molar-refractivity contribution in [3.05, 3.63) is 23.8 Å². The highest BCUT2D eigenvalue weighted by atomic mass is 32.1. The lowest BCUT2D eigenvalue weighted by atomic mass is 10.2. The molecule has 1 aromatic carbocycles. The number of fused-ring (bicyclic) bond motifs is 1. The zero-order valence-electron chi connectivity index (χ0n) is 11.0. The molecule has 108 valence electrons. The average molecular weight is 300 g/mol. The molecule has 2 nitrogen and oxygen atoms in total. The van der Waals surface area contributed by atoms with E-state index in [0.717, 1.165) is 29.2 Å². The molecule has 6 heteroatoms. The fraction of sp³-hybridized carbons (Fsp3) is 0.500. The summed E-state index contributed by atoms with van der Waals surface area (Å²) in [5.41, 5.74) is -0.237. The minimum absolute atomic E-state index is 0.310. The number of nitrogens with zero attached hydrogens (tertiary/aromatic N) is 1. The summed E-state index contributed by atoms with van der Waals surface area (Å²) >= 11 is 1.40. The van der Waals surface area contributed by atoms with Gasteiger partial charge >= 0.3 is 6.18 Å². The molecule has 0 bridgehead atoms. The van der Waals surface area contributed by atoms with Gasteiger partial charge in [-0.15, -0.1) is 0 Å². The van der Waals surface area contributed by atoms with Crippen LogP contribution in [0.25, 0.3) is 10.2 Å². The third-order valence-corrected chi connectivity index (χ3v) is 4.44. The fourth-order valence-electron chi connectivity index (χ4n) is 2.29. The van der Waals surface area contributed by atoms with Gasteiger partial charge in [-0.25, -0.2) is 4.98 Å². The van der Waals surface area contributed by atoms with E-state index < -0.39 is 11.7 Å². The summed E-state index contributed by atoms with van der Waals surface area (Å²) in [5.74, 6) is 0.809. The van der Waals surface area contributed by atoms with Gasteiger partial charge in [0.25, 0.3) is 0 Å². The van der Waals surface area contributed by atoms with E-state index in [1.54, 1.807) is 0 Å². The number of anilines is 1. The molecular formula is C14H15F3N2S. The van der Waals surface area contributed by atoms with Crippen LogP contribution in [0.4, 0.5) is 18.3 Å². The molecule has 20 heavy (non-hydrogen) atoms. The molecule has 1 aromatic heterocycles. The number of halogens is 3. The number of benzene rings is 1. The van der Waals surface area contributed by atoms with Gasteiger partial charge in [0.05, 0.1) is 15.8 Å². The summed E-state index contributed by atoms with van der Waals surface area (Å²) in [7, 11) is 0. The van der Waals surface area contributed by atoms with E-state index in [1.165, 1.54) is 30.2 Å². The van der Waals surface area contributed by atoms with Crippen molar-refractivity contribution in [2.45, 2.75) is 38.4 Å². The maximum absolute atomic E-state index is 12.6. The molecule has 1 saturated carbocycles. The maximum atomic E-state index is 12.6. The quantitative estimate of drug-likeness (QED) is 0.867. The van der Waals surface area contributed by atoms with E-state index >= 15 is 0 Å². The van der Waals surface area contributed by atoms with Crippen molar-refractivity contribution in [3.8, 4) is 0 Å². The number of alkyl halides is 3. The Bertz CT molecular complexity index is 616. The van der Waals surface area contributed by atoms with E-state index in [9.17, 15) is 13.2 Å². The molecule has 1 atom stereocenters. The topological polar surface area (TPSA) is 24.9 Å². The van der Waals surface area contributed by atoms with Crippen LogP contribution >= 0.6 is 11.3 Å². The number of rotatable bonds is 4. The first-order valence-corrected chi connectivity index (χ1v) is 7.48. The summed E-state index contributed by atoms with van der Waals surface area (Å²) < 4.78 is 38.7. The van der Waals surface area contributed by atoms with Crippen LogP contribution in [0.3, 0.4) is 0 Å². The molecule has 0 aliphatic heterocycles. The van der Waals surface area contributed by atoms with Crippen molar-refractivity contribution >= 4 is 26.7 Å². The summed E-state index contributed by atoms with van der Waals surface area (Å²) in [6.07, 6.45) is -0.629. The van der Waals surface area contributed by atoms with Crippen LogP contribution in [0, 0.1) is 5.92 Å². The van der Waals surface area contributed by atoms with Gasteiger partial charge in [0.1, 0.15) is 0 Å². The highest BCUT2D eigenvalue weighted by Gasteiger charge is 2.31. The molecular weight excluding hydrogens is 285 g/mol. The number of nitrogens with one attached hydrogen (secondary N) is 1. The molecule has 0 amide bonds. The molecule has 2 aromatic rings. The Balaban J connectivity index is 1.79. The Hall–Kier alpha value is -1.30. The molecule has 1 fully saturated rings. The van der Waals surface area contributed by atoms with E-state index in [-0.39, 0.29) is 0 Å². The molecule has 1 aliphatic carbocycles. The first kappa shape index (κ1) is 13.7. The smallest absolute Gasteiger partial charge is 0.359 e. The second-order valence-corrected chi connectivity index (χ2v) is 6.45. The van der Waals surface area contributed by atoms with Crippen molar-refractivity contribution in [3.63, 3.8) is 0 Å². The molecule has 0 radical (unpaired) electrons. The predicted molar refractivity (Wildman–Crippen MR) is 75.0 cm³/mol. The van der Waals surface area contributed by atoms with Crippen molar-refractivity contribution in [1.29, 1.82) is 0 Å². The molecule has 1 unspecified atom stereocenters. The van der Waals surface area contributed by atoms with Gasteiger partial charge < -0.3 is 5.32 Å². The van der Waals surface area contributed by atoms with Gasteiger partial charge in [0, 0.05) is 6.04 Å². The molecule has 0 spiro atoms. The van der Waals surface area contributed by atoms with Gasteiger partial charge in [-0.05, 0) is 37.5 Å². The van der Waals surface area contributed by atoms with Crippen molar-refractivity contribution in [2.75, 3.05) is 5.32 Å². The average Bonchev–Trinajstić information content (AvgIpc) is 3.05. The normalized spacial score (nSPS) is 17.4. The van der Waals surface area contributed by atoms with Crippen LogP contribution < -0.4 is 5.32 Å². The largest absolute Gasteiger partial charge is 0.416 e. The fourth-order valence-corrected chi connectivity index (χ4v) is 3.25. The van der Waals surface area contributed by atoms with Crippen LogP contribution in [0.2, 0.25) is 0 Å². The van der Waals surface area contributed by atoms with Crippen LogP contribution in [0.15, 0.2) is 18.2 Å². The lowest BCUT2D eigenvalue weighted by molar-refractivity contribution is -0.137. The molecule has 1 heterocycles. The van der Waals surface area contributed by atoms with E-state index in [2.05, 4.69) is 17.2 Å². The second kappa shape index (κ2) is 4.91. The number of aromatic nitrogens is 1. The zero-order chi connectivity index (χ0) is 14.3. The maximum Gasteiger partial charge on any atom is 0.416 e. The first-order valence-electron chi connectivity index (χ1n) is 6.66. The SMILES string of the molecule is CC(CC1CC1)Nc1nc2cc(C(F)(F)F)ccc2s1. The van der Waals surface area contributed by atoms with Crippen LogP contribution in [0.1, 0.15) is 31.7 Å². The number of thiazole rings is 1. The zero-order valence-corrected chi connectivity index (χ0v) is 11.8. The Morgan fingerprint density at radius 2 is 2.15 bits per heavy atom. The lowest BCUT2D eigenvalue weighted by Gasteiger charge is -2.11. The molecule has 0 saturated heterocycles. The Kier molecular flexibility index (Phi) is 3.36. The van der Waals surface area contributed by atoms with Crippen LogP contribution in [-0.2, 0) is 6.18 Å². The monoisotopic (exact) mass is 300 g/mol. The van der Waals surface area contributed by atoms with E-state index in [4.69, 9.17) is 0 Å². The lowest BCUT2D eigenvalue weighted by Crippen LogP contribution is -2.15. The summed E-state index contributed by atoms with van der Waals surface area (Å²) in [6.45, 7) is 2.09. The third kappa shape index (κ3) is 3.06. The first-order chi connectivity index (χ1) is 9.41. The third-order valence-electron chi connectivity index (χ3n) is 3.47. The second-order valence-electron chi connectivity index (χ2n) is 5.42. The molecule has 3 rings (SSSR count). The van der Waals surface area contributed by atoms with Gasteiger partial charge in [0.15, 0.2) is 5.13 Å². The predicted octanol–water partition coefficient (Wildman–Crippen LogP) is 4.92. The molecule has 1 N–H and O–H groups in total. The minimum atomic E-state index is -4.31. The highest BCUT2D eigenvalue weighted by Crippen LogP contribution is 2.36. The number of hydrogen-bond donors (Lipinski definition) is 1. The molecule has 1 aliphatic rings. The van der Waals surface area contributed by atoms with Gasteiger partial charge in [-0.3, -0.25) is 0 Å². The summed E-state index contributed by atoms with van der Waals surface area (Å²) in [5, 5.41) is 3.99. The minimum Gasteiger partial charge on any atom is -0.359 e. The van der Waals surface area contributed by atoms with Gasteiger partial charge in [0.2, 0.25) is 0 Å². The van der Waals surface area contributed by atoms with Gasteiger partial charge in [-0.2, -0.15) is 13.2 Å². The Morgan fingerprint density at radius 1 is 1.40 bits per heavy atom. The van der Waals surface area contributed by atoms with E-state index in [0.29, 0.717) is 16.7 Å². The van der Waals surface area contributed by atoms with Crippen molar-refractivity contribution in [2.24, 2.45) is 5.92 Å². The highest BCUT2D eigenvalue weighted by molar-refractivity contribution is 7.22. The number of hydrogen-bond acceptors (Lipinski definition) is 3.